The molecule has 11 heavy (non-hydrogen) atoms. The molecule has 0 saturated heterocycles. The average Bonchev–Trinajstić information content (AvgIpc) is 2.35. The van der Waals surface area contributed by atoms with Gasteiger partial charge in [0.2, 0.25) is 0 Å². The number of carbonyl (C=O) groups excluding carboxylic acids is 1. The second-order valence-corrected chi connectivity index (χ2v) is 2.43. The van der Waals surface area contributed by atoms with E-state index in [2.05, 4.69) is 0 Å². The van der Waals surface area contributed by atoms with E-state index < -0.39 is 0 Å². The molecule has 0 amide bonds. The van der Waals surface area contributed by atoms with Gasteiger partial charge in [-0.3, -0.25) is 4.79 Å². The number of Topliss-reactive ketones (excluding diaryl/α,β-unsaturated/α-hetero) is 1. The van der Waals surface area contributed by atoms with Crippen molar-refractivity contribution in [2.75, 3.05) is 6.54 Å². The topological polar surface area (TPSA) is 56.2 Å². The number of ketones is 1. The molecule has 1 aromatic heterocycles. The van der Waals surface area contributed by atoms with Crippen LogP contribution in [0.25, 0.3) is 0 Å². The van der Waals surface area contributed by atoms with Gasteiger partial charge in [0.05, 0.1) is 13.0 Å². The van der Waals surface area contributed by atoms with Crippen LogP contribution in [0.1, 0.15) is 11.5 Å². The molecule has 1 rings (SSSR count). The van der Waals surface area contributed by atoms with E-state index in [4.69, 9.17) is 10.2 Å². The number of hydrogen-bond donors (Lipinski definition) is 1. The monoisotopic (exact) mass is 153 g/mol. The molecule has 0 aromatic carbocycles. The number of rotatable bonds is 3. The van der Waals surface area contributed by atoms with E-state index in [0.29, 0.717) is 12.2 Å². The van der Waals surface area contributed by atoms with Crippen molar-refractivity contribution in [2.45, 2.75) is 13.3 Å². The summed E-state index contributed by atoms with van der Waals surface area (Å²) in [6.07, 6.45) is 0.310. The van der Waals surface area contributed by atoms with Gasteiger partial charge in [0.25, 0.3) is 0 Å². The number of nitrogens with two attached hydrogens (primary N) is 1. The van der Waals surface area contributed by atoms with E-state index in [1.54, 1.807) is 6.07 Å². The smallest absolute Gasteiger partial charge is 0.153 e. The van der Waals surface area contributed by atoms with Crippen molar-refractivity contribution in [2.24, 2.45) is 5.73 Å². The molecule has 1 heterocycles. The van der Waals surface area contributed by atoms with E-state index >= 15 is 0 Å². The summed E-state index contributed by atoms with van der Waals surface area (Å²) in [7, 11) is 0. The van der Waals surface area contributed by atoms with Crippen LogP contribution in [0.3, 0.4) is 0 Å². The Morgan fingerprint density at radius 2 is 2.36 bits per heavy atom. The second kappa shape index (κ2) is 3.34. The van der Waals surface area contributed by atoms with Crippen LogP contribution in [0.5, 0.6) is 0 Å². The molecule has 3 nitrogen and oxygen atoms in total. The van der Waals surface area contributed by atoms with Gasteiger partial charge in [0.1, 0.15) is 11.5 Å². The first-order valence-electron chi connectivity index (χ1n) is 3.49. The largest absolute Gasteiger partial charge is 0.466 e. The Bertz CT molecular complexity index is 252. The van der Waals surface area contributed by atoms with Crippen molar-refractivity contribution >= 4 is 5.78 Å². The Morgan fingerprint density at radius 1 is 1.64 bits per heavy atom. The summed E-state index contributed by atoms with van der Waals surface area (Å²) in [5.41, 5.74) is 5.14. The van der Waals surface area contributed by atoms with Crippen molar-refractivity contribution < 1.29 is 9.21 Å². The fourth-order valence-electron chi connectivity index (χ4n) is 0.847. The van der Waals surface area contributed by atoms with Gasteiger partial charge in [-0.05, 0) is 19.1 Å². The first kappa shape index (κ1) is 8.01. The van der Waals surface area contributed by atoms with Gasteiger partial charge in [0, 0.05) is 0 Å². The summed E-state index contributed by atoms with van der Waals surface area (Å²) in [5, 5.41) is 0. The minimum absolute atomic E-state index is 0.000602. The van der Waals surface area contributed by atoms with Crippen LogP contribution >= 0.6 is 0 Å². The predicted octanol–water partition coefficient (Wildman–Crippen LogP) is 0.658. The van der Waals surface area contributed by atoms with Gasteiger partial charge in [-0.25, -0.2) is 0 Å². The molecule has 0 fully saturated rings. The molecule has 0 spiro atoms. The van der Waals surface area contributed by atoms with E-state index in [1.165, 1.54) is 0 Å². The van der Waals surface area contributed by atoms with Crippen molar-refractivity contribution in [3.05, 3.63) is 23.7 Å². The second-order valence-electron chi connectivity index (χ2n) is 2.43. The minimum atomic E-state index is -0.000602. The molecule has 60 valence electrons. The minimum Gasteiger partial charge on any atom is -0.466 e. The zero-order valence-corrected chi connectivity index (χ0v) is 6.46. The van der Waals surface area contributed by atoms with Crippen LogP contribution in [-0.4, -0.2) is 12.3 Å². The van der Waals surface area contributed by atoms with Gasteiger partial charge in [-0.2, -0.15) is 0 Å². The molecule has 0 radical (unpaired) electrons. The third-order valence-corrected chi connectivity index (χ3v) is 1.40. The van der Waals surface area contributed by atoms with Crippen molar-refractivity contribution in [1.29, 1.82) is 0 Å². The lowest BCUT2D eigenvalue weighted by molar-refractivity contribution is -0.117. The summed E-state index contributed by atoms with van der Waals surface area (Å²) in [5.74, 6) is 1.52. The van der Waals surface area contributed by atoms with Crippen molar-refractivity contribution in [3.8, 4) is 0 Å². The van der Waals surface area contributed by atoms with E-state index in [-0.39, 0.29) is 12.3 Å². The third-order valence-electron chi connectivity index (χ3n) is 1.40. The molecular weight excluding hydrogens is 142 g/mol. The first-order valence-corrected chi connectivity index (χ1v) is 3.49. The van der Waals surface area contributed by atoms with Crippen LogP contribution in [0.15, 0.2) is 16.5 Å². The summed E-state index contributed by atoms with van der Waals surface area (Å²) in [6.45, 7) is 1.93. The maximum absolute atomic E-state index is 10.8. The molecule has 1 aromatic rings. The zero-order valence-electron chi connectivity index (χ0n) is 6.46. The fourth-order valence-corrected chi connectivity index (χ4v) is 0.847. The highest BCUT2D eigenvalue weighted by Gasteiger charge is 2.03. The molecule has 0 unspecified atom stereocenters. The van der Waals surface area contributed by atoms with Gasteiger partial charge in [-0.15, -0.1) is 0 Å². The standard InChI is InChI=1S/C8H11NO2/c1-6-2-3-8(11-6)4-7(10)5-9/h2-3H,4-5,9H2,1H3. The first-order chi connectivity index (χ1) is 5.22. The highest BCUT2D eigenvalue weighted by atomic mass is 16.3. The highest BCUT2D eigenvalue weighted by Crippen LogP contribution is 2.06. The lowest BCUT2D eigenvalue weighted by Crippen LogP contribution is -2.15. The van der Waals surface area contributed by atoms with Gasteiger partial charge >= 0.3 is 0 Å². The van der Waals surface area contributed by atoms with Crippen LogP contribution in [0.4, 0.5) is 0 Å². The third kappa shape index (κ3) is 2.20. The molecule has 0 atom stereocenters. The quantitative estimate of drug-likeness (QED) is 0.694. The molecule has 0 saturated carbocycles. The van der Waals surface area contributed by atoms with Crippen LogP contribution in [0, 0.1) is 6.92 Å². The maximum atomic E-state index is 10.8. The Hall–Kier alpha value is -1.09. The maximum Gasteiger partial charge on any atom is 0.153 e. The lowest BCUT2D eigenvalue weighted by Gasteiger charge is -1.91. The van der Waals surface area contributed by atoms with E-state index in [0.717, 1.165) is 5.76 Å². The van der Waals surface area contributed by atoms with Gasteiger partial charge in [0.15, 0.2) is 5.78 Å². The van der Waals surface area contributed by atoms with E-state index in [9.17, 15) is 4.79 Å². The van der Waals surface area contributed by atoms with Gasteiger partial charge in [-0.1, -0.05) is 0 Å². The normalized spacial score (nSPS) is 10.0. The predicted molar refractivity (Wildman–Crippen MR) is 41.2 cm³/mol. The number of hydrogen-bond acceptors (Lipinski definition) is 3. The zero-order chi connectivity index (χ0) is 8.27. The van der Waals surface area contributed by atoms with Crippen molar-refractivity contribution in [1.82, 2.24) is 0 Å². The molecular formula is C8H11NO2. The Morgan fingerprint density at radius 3 is 2.82 bits per heavy atom. The van der Waals surface area contributed by atoms with Gasteiger partial charge < -0.3 is 10.2 Å². The molecule has 0 bridgehead atoms. The SMILES string of the molecule is Cc1ccc(CC(=O)CN)o1. The number of carbonyl (C=O) groups is 1. The molecule has 3 heteroatoms. The summed E-state index contributed by atoms with van der Waals surface area (Å²) in [6, 6.07) is 3.63. The van der Waals surface area contributed by atoms with Crippen LogP contribution in [-0.2, 0) is 11.2 Å². The van der Waals surface area contributed by atoms with Crippen molar-refractivity contribution in [3.63, 3.8) is 0 Å². The molecule has 0 aliphatic rings. The number of aryl methyl sites for hydroxylation is 1. The summed E-state index contributed by atoms with van der Waals surface area (Å²) < 4.78 is 5.18. The Kier molecular flexibility index (Phi) is 2.44. The van der Waals surface area contributed by atoms with Crippen LogP contribution in [0.2, 0.25) is 0 Å². The molecule has 0 aliphatic carbocycles. The molecule has 0 aliphatic heterocycles. The summed E-state index contributed by atoms with van der Waals surface area (Å²) >= 11 is 0. The number of furan rings is 1. The van der Waals surface area contributed by atoms with Crippen LogP contribution < -0.4 is 5.73 Å². The highest BCUT2D eigenvalue weighted by molar-refractivity contribution is 5.81. The fraction of sp³-hybridized carbons (Fsp3) is 0.375. The average molecular weight is 153 g/mol. The lowest BCUT2D eigenvalue weighted by atomic mass is 10.2. The molecule has 2 N–H and O–H groups in total. The summed E-state index contributed by atoms with van der Waals surface area (Å²) in [4.78, 5) is 10.8. The van der Waals surface area contributed by atoms with E-state index in [1.807, 2.05) is 13.0 Å². The Labute approximate surface area is 65.2 Å². The Balaban J connectivity index is 2.57.